The van der Waals surface area contributed by atoms with E-state index in [0.29, 0.717) is 37.8 Å². The fourth-order valence-electron chi connectivity index (χ4n) is 2.96. The van der Waals surface area contributed by atoms with E-state index < -0.39 is 5.91 Å². The summed E-state index contributed by atoms with van der Waals surface area (Å²) < 4.78 is 12.9. The first-order chi connectivity index (χ1) is 14.1. The molecule has 154 valence electrons. The van der Waals surface area contributed by atoms with Crippen molar-refractivity contribution in [2.24, 2.45) is 0 Å². The SMILES string of the molecule is CCCN(Cc1cccn1Cc1ccc(C(=O)NOCC)o1)C(=O)c1ccco1. The van der Waals surface area contributed by atoms with E-state index in [0.717, 1.165) is 12.1 Å². The molecule has 0 aliphatic heterocycles. The van der Waals surface area contributed by atoms with Crippen LogP contribution in [0.15, 0.2) is 57.7 Å². The van der Waals surface area contributed by atoms with Crippen LogP contribution in [0.5, 0.6) is 0 Å². The van der Waals surface area contributed by atoms with Gasteiger partial charge in [-0.1, -0.05) is 6.92 Å². The smallest absolute Gasteiger partial charge is 0.310 e. The van der Waals surface area contributed by atoms with Crippen LogP contribution in [0.1, 0.15) is 52.8 Å². The van der Waals surface area contributed by atoms with Gasteiger partial charge < -0.3 is 18.3 Å². The van der Waals surface area contributed by atoms with Crippen LogP contribution in [0, 0.1) is 0 Å². The summed E-state index contributed by atoms with van der Waals surface area (Å²) in [5, 5.41) is 0. The number of aromatic nitrogens is 1. The molecule has 8 heteroatoms. The second kappa shape index (κ2) is 9.79. The van der Waals surface area contributed by atoms with Crippen molar-refractivity contribution in [3.63, 3.8) is 0 Å². The monoisotopic (exact) mass is 399 g/mol. The fourth-order valence-corrected chi connectivity index (χ4v) is 2.96. The van der Waals surface area contributed by atoms with E-state index in [2.05, 4.69) is 5.48 Å². The minimum absolute atomic E-state index is 0.141. The summed E-state index contributed by atoms with van der Waals surface area (Å²) in [5.74, 6) is 0.570. The zero-order valence-electron chi connectivity index (χ0n) is 16.6. The Hall–Kier alpha value is -3.26. The van der Waals surface area contributed by atoms with Crippen molar-refractivity contribution in [3.8, 4) is 0 Å². The van der Waals surface area contributed by atoms with Crippen molar-refractivity contribution in [2.45, 2.75) is 33.4 Å². The Balaban J connectivity index is 1.69. The highest BCUT2D eigenvalue weighted by atomic mass is 16.7. The average Bonchev–Trinajstić information content (AvgIpc) is 3.48. The third-order valence-electron chi connectivity index (χ3n) is 4.31. The molecule has 0 saturated carbocycles. The largest absolute Gasteiger partial charge is 0.459 e. The van der Waals surface area contributed by atoms with Crippen LogP contribution >= 0.6 is 0 Å². The number of furan rings is 2. The maximum Gasteiger partial charge on any atom is 0.310 e. The predicted molar refractivity (Wildman–Crippen MR) is 105 cm³/mol. The van der Waals surface area contributed by atoms with E-state index in [-0.39, 0.29) is 11.7 Å². The molecule has 0 spiro atoms. The summed E-state index contributed by atoms with van der Waals surface area (Å²) in [7, 11) is 0. The highest BCUT2D eigenvalue weighted by Crippen LogP contribution is 2.15. The number of nitrogens with zero attached hydrogens (tertiary/aromatic N) is 2. The molecule has 0 fully saturated rings. The highest BCUT2D eigenvalue weighted by Gasteiger charge is 2.19. The molecule has 3 aromatic rings. The molecule has 0 aliphatic rings. The van der Waals surface area contributed by atoms with Crippen LogP contribution in [0.25, 0.3) is 0 Å². The van der Waals surface area contributed by atoms with Crippen molar-refractivity contribution < 1.29 is 23.3 Å². The van der Waals surface area contributed by atoms with Crippen molar-refractivity contribution >= 4 is 11.8 Å². The minimum Gasteiger partial charge on any atom is -0.459 e. The molecule has 0 bridgehead atoms. The molecule has 29 heavy (non-hydrogen) atoms. The van der Waals surface area contributed by atoms with Gasteiger partial charge in [-0.25, -0.2) is 5.48 Å². The van der Waals surface area contributed by atoms with Gasteiger partial charge in [0.2, 0.25) is 0 Å². The van der Waals surface area contributed by atoms with Crippen LogP contribution in [0.4, 0.5) is 0 Å². The first-order valence-corrected chi connectivity index (χ1v) is 9.60. The lowest BCUT2D eigenvalue weighted by molar-refractivity contribution is 0.0339. The minimum atomic E-state index is -0.427. The number of rotatable bonds is 10. The molecule has 0 radical (unpaired) electrons. The standard InChI is InChI=1S/C21H25N3O5/c1-3-11-24(21(26)19-8-6-13-27-19)14-16-7-5-12-23(16)15-17-9-10-18(29-17)20(25)22-28-4-2/h5-10,12-13H,3-4,11,14-15H2,1-2H3,(H,22,25). The molecular formula is C21H25N3O5. The molecule has 0 unspecified atom stereocenters. The molecular weight excluding hydrogens is 374 g/mol. The molecule has 0 aromatic carbocycles. The Morgan fingerprint density at radius 3 is 2.72 bits per heavy atom. The first-order valence-electron chi connectivity index (χ1n) is 9.60. The second-order valence-corrected chi connectivity index (χ2v) is 6.46. The van der Waals surface area contributed by atoms with Crippen LogP contribution in [-0.2, 0) is 17.9 Å². The fraction of sp³-hybridized carbons (Fsp3) is 0.333. The number of amides is 2. The van der Waals surface area contributed by atoms with E-state index in [1.807, 2.05) is 29.8 Å². The van der Waals surface area contributed by atoms with E-state index in [1.54, 1.807) is 36.1 Å². The third kappa shape index (κ3) is 5.17. The van der Waals surface area contributed by atoms with Gasteiger partial charge in [-0.3, -0.25) is 14.4 Å². The Labute approximate surface area is 169 Å². The molecule has 3 heterocycles. The van der Waals surface area contributed by atoms with Crippen LogP contribution in [0.2, 0.25) is 0 Å². The maximum absolute atomic E-state index is 12.7. The lowest BCUT2D eigenvalue weighted by atomic mass is 10.3. The summed E-state index contributed by atoms with van der Waals surface area (Å²) >= 11 is 0. The molecule has 8 nitrogen and oxygen atoms in total. The Morgan fingerprint density at radius 1 is 1.14 bits per heavy atom. The van der Waals surface area contributed by atoms with Crippen LogP contribution in [-0.4, -0.2) is 34.4 Å². The number of carbonyl (C=O) groups excluding carboxylic acids is 2. The van der Waals surface area contributed by atoms with Gasteiger partial charge in [-0.05, 0) is 49.7 Å². The lowest BCUT2D eigenvalue weighted by Gasteiger charge is -2.22. The molecule has 0 atom stereocenters. The molecule has 2 amide bonds. The normalized spacial score (nSPS) is 10.8. The van der Waals surface area contributed by atoms with Gasteiger partial charge in [0.1, 0.15) is 5.76 Å². The van der Waals surface area contributed by atoms with E-state index in [1.165, 1.54) is 6.26 Å². The van der Waals surface area contributed by atoms with Crippen LogP contribution in [0.3, 0.4) is 0 Å². The maximum atomic E-state index is 12.7. The Morgan fingerprint density at radius 2 is 2.00 bits per heavy atom. The summed E-state index contributed by atoms with van der Waals surface area (Å²) in [6, 6.07) is 10.6. The lowest BCUT2D eigenvalue weighted by Crippen LogP contribution is -2.31. The molecule has 0 aliphatic carbocycles. The third-order valence-corrected chi connectivity index (χ3v) is 4.31. The summed E-state index contributed by atoms with van der Waals surface area (Å²) in [6.07, 6.45) is 4.25. The number of hydrogen-bond acceptors (Lipinski definition) is 5. The molecule has 1 N–H and O–H groups in total. The van der Waals surface area contributed by atoms with E-state index >= 15 is 0 Å². The zero-order valence-corrected chi connectivity index (χ0v) is 16.6. The van der Waals surface area contributed by atoms with Crippen molar-refractivity contribution in [1.29, 1.82) is 0 Å². The van der Waals surface area contributed by atoms with Crippen LogP contribution < -0.4 is 5.48 Å². The van der Waals surface area contributed by atoms with Crippen molar-refractivity contribution in [2.75, 3.05) is 13.2 Å². The van der Waals surface area contributed by atoms with Gasteiger partial charge >= 0.3 is 5.91 Å². The van der Waals surface area contributed by atoms with Gasteiger partial charge in [0.05, 0.1) is 26.0 Å². The van der Waals surface area contributed by atoms with Gasteiger partial charge in [0.15, 0.2) is 11.5 Å². The number of nitrogens with one attached hydrogen (secondary N) is 1. The predicted octanol–water partition coefficient (Wildman–Crippen LogP) is 3.46. The average molecular weight is 399 g/mol. The molecule has 3 rings (SSSR count). The Kier molecular flexibility index (Phi) is 6.91. The number of hydroxylamine groups is 1. The Bertz CT molecular complexity index is 926. The van der Waals surface area contributed by atoms with Gasteiger partial charge in [-0.15, -0.1) is 0 Å². The number of carbonyl (C=O) groups is 2. The van der Waals surface area contributed by atoms with E-state index in [4.69, 9.17) is 13.7 Å². The topological polar surface area (TPSA) is 89.9 Å². The van der Waals surface area contributed by atoms with Gasteiger partial charge in [-0.2, -0.15) is 0 Å². The number of hydrogen-bond donors (Lipinski definition) is 1. The summed E-state index contributed by atoms with van der Waals surface area (Å²) in [5.41, 5.74) is 3.26. The van der Waals surface area contributed by atoms with E-state index in [9.17, 15) is 9.59 Å². The highest BCUT2D eigenvalue weighted by molar-refractivity contribution is 5.91. The zero-order chi connectivity index (χ0) is 20.6. The quantitative estimate of drug-likeness (QED) is 0.528. The second-order valence-electron chi connectivity index (χ2n) is 6.46. The molecule has 3 aromatic heterocycles. The first kappa shape index (κ1) is 20.5. The van der Waals surface area contributed by atoms with Gasteiger partial charge in [0.25, 0.3) is 5.91 Å². The van der Waals surface area contributed by atoms with Crippen molar-refractivity contribution in [3.05, 3.63) is 71.8 Å². The van der Waals surface area contributed by atoms with Gasteiger partial charge in [0, 0.05) is 18.4 Å². The molecule has 0 saturated heterocycles. The van der Waals surface area contributed by atoms with Crippen molar-refractivity contribution in [1.82, 2.24) is 14.9 Å². The summed E-state index contributed by atoms with van der Waals surface area (Å²) in [4.78, 5) is 31.3. The summed E-state index contributed by atoms with van der Waals surface area (Å²) in [6.45, 7) is 5.68.